The summed E-state index contributed by atoms with van der Waals surface area (Å²) in [7, 11) is 0. The summed E-state index contributed by atoms with van der Waals surface area (Å²) in [5.74, 6) is 0.538. The molecule has 0 saturated heterocycles. The van der Waals surface area contributed by atoms with Gasteiger partial charge in [-0.25, -0.2) is 4.79 Å². The molecule has 0 spiro atoms. The molecule has 3 heteroatoms. The number of unbranched alkanes of at least 4 members (excludes halogenated alkanes) is 5. The van der Waals surface area contributed by atoms with Gasteiger partial charge < -0.3 is 10.1 Å². The van der Waals surface area contributed by atoms with Gasteiger partial charge in [-0.15, -0.1) is 0 Å². The number of hydrogen-bond acceptors (Lipinski definition) is 2. The molecule has 1 N–H and O–H groups in total. The van der Waals surface area contributed by atoms with E-state index in [1.165, 1.54) is 57.8 Å². The van der Waals surface area contributed by atoms with Crippen LogP contribution in [0.25, 0.3) is 0 Å². The van der Waals surface area contributed by atoms with E-state index in [-0.39, 0.29) is 12.1 Å². The predicted octanol–water partition coefficient (Wildman–Crippen LogP) is 5.29. The van der Waals surface area contributed by atoms with Crippen LogP contribution < -0.4 is 5.32 Å². The van der Waals surface area contributed by atoms with E-state index in [9.17, 15) is 4.79 Å². The fourth-order valence-electron chi connectivity index (χ4n) is 2.32. The van der Waals surface area contributed by atoms with Gasteiger partial charge in [0.2, 0.25) is 0 Å². The average Bonchev–Trinajstić information content (AvgIpc) is 2.39. The second-order valence-corrected chi connectivity index (χ2v) is 6.11. The minimum absolute atomic E-state index is 0.144. The number of alkyl carbamates (subject to hydrolysis) is 1. The maximum atomic E-state index is 11.5. The van der Waals surface area contributed by atoms with Crippen LogP contribution in [-0.4, -0.2) is 18.7 Å². The van der Waals surface area contributed by atoms with Crippen LogP contribution in [0.3, 0.4) is 0 Å². The first-order valence-corrected chi connectivity index (χ1v) is 8.53. The number of amides is 1. The zero-order valence-electron chi connectivity index (χ0n) is 14.0. The molecular weight excluding hydrogens is 250 g/mol. The Balaban J connectivity index is 3.92. The van der Waals surface area contributed by atoms with E-state index >= 15 is 0 Å². The Hall–Kier alpha value is -0.730. The molecule has 1 atom stereocenters. The highest BCUT2D eigenvalue weighted by atomic mass is 16.5. The van der Waals surface area contributed by atoms with E-state index < -0.39 is 0 Å². The average molecular weight is 285 g/mol. The van der Waals surface area contributed by atoms with Crippen molar-refractivity contribution in [1.29, 1.82) is 0 Å². The van der Waals surface area contributed by atoms with Crippen LogP contribution in [0.4, 0.5) is 4.79 Å². The van der Waals surface area contributed by atoms with Gasteiger partial charge in [0, 0.05) is 6.04 Å². The molecule has 0 radical (unpaired) electrons. The van der Waals surface area contributed by atoms with Crippen molar-refractivity contribution in [3.8, 4) is 0 Å². The van der Waals surface area contributed by atoms with E-state index in [4.69, 9.17) is 4.74 Å². The maximum Gasteiger partial charge on any atom is 0.407 e. The standard InChI is InChI=1S/C17H35NO2/c1-5-7-9-11-13-16(12-10-8-6-2)14-20-17(19)18-15(3)4/h15-16H,5-14H2,1-4H3,(H,18,19). The summed E-state index contributed by atoms with van der Waals surface area (Å²) >= 11 is 0. The minimum Gasteiger partial charge on any atom is -0.449 e. The summed E-state index contributed by atoms with van der Waals surface area (Å²) < 4.78 is 5.35. The molecule has 120 valence electrons. The summed E-state index contributed by atoms with van der Waals surface area (Å²) in [6.07, 6.45) is 11.1. The van der Waals surface area contributed by atoms with Crippen molar-refractivity contribution in [3.63, 3.8) is 0 Å². The van der Waals surface area contributed by atoms with Gasteiger partial charge in [-0.2, -0.15) is 0 Å². The minimum atomic E-state index is -0.269. The normalized spacial score (nSPS) is 12.4. The summed E-state index contributed by atoms with van der Waals surface area (Å²) in [6.45, 7) is 8.94. The van der Waals surface area contributed by atoms with Crippen molar-refractivity contribution >= 4 is 6.09 Å². The molecular formula is C17H35NO2. The molecule has 0 aromatic carbocycles. The highest BCUT2D eigenvalue weighted by Gasteiger charge is 2.12. The summed E-state index contributed by atoms with van der Waals surface area (Å²) in [5, 5.41) is 2.78. The first-order chi connectivity index (χ1) is 9.60. The van der Waals surface area contributed by atoms with Crippen molar-refractivity contribution in [3.05, 3.63) is 0 Å². The highest BCUT2D eigenvalue weighted by Crippen LogP contribution is 2.18. The first-order valence-electron chi connectivity index (χ1n) is 8.53. The second kappa shape index (κ2) is 13.3. The number of nitrogens with one attached hydrogen (secondary N) is 1. The lowest BCUT2D eigenvalue weighted by Crippen LogP contribution is -2.32. The summed E-state index contributed by atoms with van der Waals surface area (Å²) in [5.41, 5.74) is 0. The molecule has 0 bridgehead atoms. The predicted molar refractivity (Wildman–Crippen MR) is 86.0 cm³/mol. The van der Waals surface area contributed by atoms with Gasteiger partial charge in [0.25, 0.3) is 0 Å². The number of carbonyl (C=O) groups excluding carboxylic acids is 1. The van der Waals surface area contributed by atoms with Crippen LogP contribution in [0.5, 0.6) is 0 Å². The van der Waals surface area contributed by atoms with Crippen molar-refractivity contribution in [2.45, 2.75) is 91.5 Å². The van der Waals surface area contributed by atoms with E-state index in [2.05, 4.69) is 19.2 Å². The smallest absolute Gasteiger partial charge is 0.407 e. The van der Waals surface area contributed by atoms with Crippen LogP contribution in [0.15, 0.2) is 0 Å². The maximum absolute atomic E-state index is 11.5. The Kier molecular flexibility index (Phi) is 12.8. The van der Waals surface area contributed by atoms with E-state index in [0.717, 1.165) is 0 Å². The monoisotopic (exact) mass is 285 g/mol. The van der Waals surface area contributed by atoms with Gasteiger partial charge in [0.05, 0.1) is 6.61 Å². The number of ether oxygens (including phenoxy) is 1. The Labute approximate surface area is 125 Å². The summed E-state index contributed by atoms with van der Waals surface area (Å²) in [6, 6.07) is 0.144. The fourth-order valence-corrected chi connectivity index (χ4v) is 2.32. The molecule has 0 fully saturated rings. The quantitative estimate of drug-likeness (QED) is 0.495. The lowest BCUT2D eigenvalue weighted by Gasteiger charge is -2.18. The van der Waals surface area contributed by atoms with Crippen LogP contribution >= 0.6 is 0 Å². The number of hydrogen-bond donors (Lipinski definition) is 1. The molecule has 0 aliphatic rings. The zero-order chi connectivity index (χ0) is 15.2. The molecule has 0 rings (SSSR count). The first kappa shape index (κ1) is 19.3. The van der Waals surface area contributed by atoms with Crippen LogP contribution in [0.2, 0.25) is 0 Å². The van der Waals surface area contributed by atoms with Gasteiger partial charge in [0.15, 0.2) is 0 Å². The molecule has 20 heavy (non-hydrogen) atoms. The number of rotatable bonds is 12. The summed E-state index contributed by atoms with van der Waals surface area (Å²) in [4.78, 5) is 11.5. The van der Waals surface area contributed by atoms with Crippen LogP contribution in [0.1, 0.15) is 85.5 Å². The van der Waals surface area contributed by atoms with Gasteiger partial charge in [-0.1, -0.05) is 58.8 Å². The topological polar surface area (TPSA) is 38.3 Å². The fraction of sp³-hybridized carbons (Fsp3) is 0.941. The van der Waals surface area contributed by atoms with E-state index in [1.807, 2.05) is 13.8 Å². The Bertz CT molecular complexity index is 229. The molecule has 0 heterocycles. The molecule has 3 nitrogen and oxygen atoms in total. The third-order valence-electron chi connectivity index (χ3n) is 3.54. The largest absolute Gasteiger partial charge is 0.449 e. The third kappa shape index (κ3) is 12.3. The van der Waals surface area contributed by atoms with Crippen molar-refractivity contribution in [1.82, 2.24) is 5.32 Å². The highest BCUT2D eigenvalue weighted by molar-refractivity contribution is 5.67. The molecule has 1 unspecified atom stereocenters. The molecule has 0 aliphatic carbocycles. The van der Waals surface area contributed by atoms with Gasteiger partial charge in [-0.3, -0.25) is 0 Å². The SMILES string of the molecule is CCCCCCC(CCCCC)COC(=O)NC(C)C. The van der Waals surface area contributed by atoms with Gasteiger partial charge in [-0.05, 0) is 32.6 Å². The lowest BCUT2D eigenvalue weighted by molar-refractivity contribution is 0.118. The van der Waals surface area contributed by atoms with Crippen molar-refractivity contribution < 1.29 is 9.53 Å². The third-order valence-corrected chi connectivity index (χ3v) is 3.54. The van der Waals surface area contributed by atoms with Crippen molar-refractivity contribution in [2.75, 3.05) is 6.61 Å². The lowest BCUT2D eigenvalue weighted by atomic mass is 9.95. The molecule has 1 amide bonds. The molecule has 0 aliphatic heterocycles. The van der Waals surface area contributed by atoms with E-state index in [1.54, 1.807) is 0 Å². The molecule has 0 aromatic rings. The Morgan fingerprint density at radius 2 is 1.50 bits per heavy atom. The van der Waals surface area contributed by atoms with Gasteiger partial charge >= 0.3 is 6.09 Å². The zero-order valence-corrected chi connectivity index (χ0v) is 14.0. The van der Waals surface area contributed by atoms with E-state index in [0.29, 0.717) is 12.5 Å². The van der Waals surface area contributed by atoms with Crippen LogP contribution in [-0.2, 0) is 4.74 Å². The Morgan fingerprint density at radius 3 is 2.05 bits per heavy atom. The molecule has 0 saturated carbocycles. The molecule has 0 aromatic heterocycles. The number of carbonyl (C=O) groups is 1. The van der Waals surface area contributed by atoms with Crippen LogP contribution in [0, 0.1) is 5.92 Å². The van der Waals surface area contributed by atoms with Gasteiger partial charge in [0.1, 0.15) is 0 Å². The Morgan fingerprint density at radius 1 is 0.950 bits per heavy atom. The second-order valence-electron chi connectivity index (χ2n) is 6.11. The van der Waals surface area contributed by atoms with Crippen molar-refractivity contribution in [2.24, 2.45) is 5.92 Å².